The number of carbonyl (C=O) groups excluding carboxylic acids is 1. The Morgan fingerprint density at radius 1 is 1.32 bits per heavy atom. The van der Waals surface area contributed by atoms with Crippen molar-refractivity contribution in [3.63, 3.8) is 0 Å². The molecule has 0 radical (unpaired) electrons. The van der Waals surface area contributed by atoms with Crippen molar-refractivity contribution in [3.8, 4) is 0 Å². The molecule has 1 amide bonds. The van der Waals surface area contributed by atoms with Crippen molar-refractivity contribution in [2.75, 3.05) is 6.61 Å². The molecule has 4 atom stereocenters. The number of amides is 1. The van der Waals surface area contributed by atoms with Gasteiger partial charge >= 0.3 is 0 Å². The first kappa shape index (κ1) is 16.4. The molecule has 0 aromatic carbocycles. The Hall–Kier alpha value is -2.12. The maximum atomic E-state index is 12.4. The number of hydrogen-bond donors (Lipinski definition) is 3. The summed E-state index contributed by atoms with van der Waals surface area (Å²) in [6.45, 7) is 0.286. The van der Waals surface area contributed by atoms with E-state index in [1.54, 1.807) is 0 Å². The third-order valence-corrected chi connectivity index (χ3v) is 5.04. The normalized spacial score (nSPS) is 34.1. The van der Waals surface area contributed by atoms with E-state index in [9.17, 15) is 9.90 Å². The topological polar surface area (TPSA) is 86.2 Å². The van der Waals surface area contributed by atoms with Gasteiger partial charge in [0, 0.05) is 17.7 Å². The van der Waals surface area contributed by atoms with E-state index in [2.05, 4.69) is 27.9 Å². The van der Waals surface area contributed by atoms with E-state index < -0.39 is 12.4 Å². The average molecular weight is 344 g/mol. The Morgan fingerprint density at radius 2 is 2.20 bits per heavy atom. The smallest absolute Gasteiger partial charge is 0.270 e. The zero-order valence-corrected chi connectivity index (χ0v) is 14.1. The van der Waals surface area contributed by atoms with E-state index in [1.165, 1.54) is 11.1 Å². The highest BCUT2D eigenvalue weighted by atomic mass is 16.5. The molecule has 1 saturated carbocycles. The molecule has 0 aromatic heterocycles. The fraction of sp³-hybridized carbons (Fsp3) is 0.556. The summed E-state index contributed by atoms with van der Waals surface area (Å²) < 4.78 is 5.83. The number of ether oxygens (including phenoxy) is 1. The van der Waals surface area contributed by atoms with Crippen molar-refractivity contribution < 1.29 is 14.6 Å². The molecule has 134 valence electrons. The van der Waals surface area contributed by atoms with Gasteiger partial charge in [-0.2, -0.15) is 0 Å². The van der Waals surface area contributed by atoms with Crippen molar-refractivity contribution >= 4 is 11.7 Å². The molecule has 4 unspecified atom stereocenters. The lowest BCUT2D eigenvalue weighted by Gasteiger charge is -2.31. The van der Waals surface area contributed by atoms with Gasteiger partial charge in [-0.05, 0) is 19.3 Å². The van der Waals surface area contributed by atoms with Crippen LogP contribution in [0.15, 0.2) is 41.1 Å². The summed E-state index contributed by atoms with van der Waals surface area (Å²) in [6.07, 6.45) is 13.4. The van der Waals surface area contributed by atoms with Crippen LogP contribution in [0, 0.1) is 5.92 Å². The molecule has 0 aromatic rings. The third kappa shape index (κ3) is 3.48. The number of aliphatic hydroxyl groups is 1. The van der Waals surface area contributed by atoms with E-state index in [-0.39, 0.29) is 24.5 Å². The van der Waals surface area contributed by atoms with E-state index in [0.717, 1.165) is 37.9 Å². The van der Waals surface area contributed by atoms with Gasteiger partial charge in [0.15, 0.2) is 0 Å². The van der Waals surface area contributed by atoms with Crippen molar-refractivity contribution in [1.82, 2.24) is 15.8 Å². The number of amidine groups is 1. The van der Waals surface area contributed by atoms with Gasteiger partial charge in [-0.3, -0.25) is 10.2 Å². The molecule has 4 rings (SSSR count). The number of aliphatic imine (C=N–C) groups is 1. The molecule has 3 N–H and O–H groups in total. The van der Waals surface area contributed by atoms with Crippen molar-refractivity contribution in [2.45, 2.75) is 50.6 Å². The van der Waals surface area contributed by atoms with Gasteiger partial charge < -0.3 is 15.2 Å². The van der Waals surface area contributed by atoms with Gasteiger partial charge in [0.05, 0.1) is 18.8 Å². The molecule has 0 saturated heterocycles. The number of rotatable bonds is 4. The van der Waals surface area contributed by atoms with Crippen LogP contribution in [0.5, 0.6) is 0 Å². The number of fused-ring (bicyclic) bond motifs is 1. The lowest BCUT2D eigenvalue weighted by atomic mass is 9.95. The first-order valence-corrected chi connectivity index (χ1v) is 8.98. The third-order valence-electron chi connectivity index (χ3n) is 5.04. The number of nitrogens with zero attached hydrogens (tertiary/aromatic N) is 2. The minimum absolute atomic E-state index is 0.138. The first-order chi connectivity index (χ1) is 12.2. The minimum Gasteiger partial charge on any atom is -0.390 e. The molecule has 0 spiro atoms. The van der Waals surface area contributed by atoms with Crippen LogP contribution in [-0.2, 0) is 9.53 Å². The van der Waals surface area contributed by atoms with Crippen molar-refractivity contribution in [1.29, 1.82) is 0 Å². The summed E-state index contributed by atoms with van der Waals surface area (Å²) in [5.41, 5.74) is 3.81. The van der Waals surface area contributed by atoms with Crippen LogP contribution in [0.2, 0.25) is 0 Å². The predicted molar refractivity (Wildman–Crippen MR) is 93.0 cm³/mol. The molecular formula is C18H24N4O3. The maximum Gasteiger partial charge on any atom is 0.270 e. The fourth-order valence-corrected chi connectivity index (χ4v) is 3.62. The van der Waals surface area contributed by atoms with E-state index in [1.807, 2.05) is 12.2 Å². The molecule has 25 heavy (non-hydrogen) atoms. The molecule has 1 fully saturated rings. The highest BCUT2D eigenvalue weighted by Gasteiger charge is 2.35. The van der Waals surface area contributed by atoms with Crippen molar-refractivity contribution in [2.24, 2.45) is 10.9 Å². The Labute approximate surface area is 147 Å². The molecule has 7 nitrogen and oxygen atoms in total. The largest absolute Gasteiger partial charge is 0.390 e. The van der Waals surface area contributed by atoms with Crippen molar-refractivity contribution in [3.05, 3.63) is 36.1 Å². The SMILES string of the molecule is O=C1C=C(COC2CCCCC2O)NC2N=C(C3C=CC=CC3)NN12. The summed E-state index contributed by atoms with van der Waals surface area (Å²) in [7, 11) is 0. The fourth-order valence-electron chi connectivity index (χ4n) is 3.62. The Kier molecular flexibility index (Phi) is 4.59. The number of hydrogen-bond acceptors (Lipinski definition) is 6. The van der Waals surface area contributed by atoms with Gasteiger partial charge in [0.1, 0.15) is 5.84 Å². The summed E-state index contributed by atoms with van der Waals surface area (Å²) in [6, 6.07) is 0. The van der Waals surface area contributed by atoms with Crippen LogP contribution in [0.3, 0.4) is 0 Å². The monoisotopic (exact) mass is 344 g/mol. The highest BCUT2D eigenvalue weighted by Crippen LogP contribution is 2.23. The van der Waals surface area contributed by atoms with Crippen LogP contribution in [0.25, 0.3) is 0 Å². The van der Waals surface area contributed by atoms with E-state index in [4.69, 9.17) is 4.74 Å². The van der Waals surface area contributed by atoms with Crippen LogP contribution >= 0.6 is 0 Å². The molecule has 2 aliphatic heterocycles. The number of nitrogens with one attached hydrogen (secondary N) is 2. The number of aliphatic hydroxyl groups excluding tert-OH is 1. The lowest BCUT2D eigenvalue weighted by Crippen LogP contribution is -2.54. The number of carbonyl (C=O) groups is 1. The van der Waals surface area contributed by atoms with Gasteiger partial charge in [0.25, 0.3) is 5.91 Å². The first-order valence-electron chi connectivity index (χ1n) is 8.98. The molecule has 2 aliphatic carbocycles. The van der Waals surface area contributed by atoms with Gasteiger partial charge in [0.2, 0.25) is 6.29 Å². The lowest BCUT2D eigenvalue weighted by molar-refractivity contribution is -0.131. The second-order valence-electron chi connectivity index (χ2n) is 6.88. The molecule has 2 heterocycles. The average Bonchev–Trinajstić information content (AvgIpc) is 3.07. The standard InChI is InChI=1S/C18H24N4O3/c23-14-8-4-5-9-15(14)25-11-13-10-16(24)22-18(19-13)20-17(21-22)12-6-2-1-3-7-12/h1-3,6,10,12,14-15,18-19,23H,4-5,7-9,11H2,(H,20,21). The Morgan fingerprint density at radius 3 is 3.00 bits per heavy atom. The molecular weight excluding hydrogens is 320 g/mol. The number of hydrazine groups is 1. The van der Waals surface area contributed by atoms with Crippen LogP contribution in [-0.4, -0.2) is 47.0 Å². The predicted octanol–water partition coefficient (Wildman–Crippen LogP) is 0.955. The van der Waals surface area contributed by atoms with E-state index >= 15 is 0 Å². The maximum absolute atomic E-state index is 12.4. The minimum atomic E-state index is -0.443. The molecule has 7 heteroatoms. The van der Waals surface area contributed by atoms with Gasteiger partial charge in [-0.25, -0.2) is 10.0 Å². The quantitative estimate of drug-likeness (QED) is 0.707. The summed E-state index contributed by atoms with van der Waals surface area (Å²) in [5.74, 6) is 0.827. The van der Waals surface area contributed by atoms with Crippen LogP contribution in [0.4, 0.5) is 0 Å². The molecule has 0 bridgehead atoms. The van der Waals surface area contributed by atoms with Gasteiger partial charge in [-0.1, -0.05) is 37.1 Å². The zero-order chi connectivity index (χ0) is 17.2. The summed E-state index contributed by atoms with van der Waals surface area (Å²) >= 11 is 0. The van der Waals surface area contributed by atoms with Gasteiger partial charge in [-0.15, -0.1) is 0 Å². The highest BCUT2D eigenvalue weighted by molar-refractivity contribution is 5.95. The summed E-state index contributed by atoms with van der Waals surface area (Å²) in [5, 5.41) is 14.7. The van der Waals surface area contributed by atoms with Crippen LogP contribution in [0.1, 0.15) is 32.1 Å². The summed E-state index contributed by atoms with van der Waals surface area (Å²) in [4.78, 5) is 17.0. The Bertz CT molecular complexity index is 655. The second kappa shape index (κ2) is 7.01. The van der Waals surface area contributed by atoms with E-state index in [0.29, 0.717) is 5.70 Å². The van der Waals surface area contributed by atoms with Crippen LogP contribution < -0.4 is 10.7 Å². The Balaban J connectivity index is 1.37. The zero-order valence-electron chi connectivity index (χ0n) is 14.1. The number of allylic oxidation sites excluding steroid dienone is 3. The molecule has 4 aliphatic rings. The second-order valence-corrected chi connectivity index (χ2v) is 6.88.